The SMILES string of the molecule is CCNCC1CCC1Cc1cc(CC)nn1C. The number of nitrogens with one attached hydrogen (secondary N) is 1. The van der Waals surface area contributed by atoms with Gasteiger partial charge in [0.05, 0.1) is 5.69 Å². The molecule has 96 valence electrons. The quantitative estimate of drug-likeness (QED) is 0.819. The maximum absolute atomic E-state index is 4.53. The van der Waals surface area contributed by atoms with Crippen LogP contribution in [-0.4, -0.2) is 22.9 Å². The summed E-state index contributed by atoms with van der Waals surface area (Å²) in [6, 6.07) is 2.28. The van der Waals surface area contributed by atoms with Gasteiger partial charge in [-0.3, -0.25) is 4.68 Å². The largest absolute Gasteiger partial charge is 0.317 e. The average Bonchev–Trinajstić information content (AvgIpc) is 2.66. The van der Waals surface area contributed by atoms with Crippen LogP contribution in [0.3, 0.4) is 0 Å². The highest BCUT2D eigenvalue weighted by Gasteiger charge is 2.30. The van der Waals surface area contributed by atoms with E-state index < -0.39 is 0 Å². The van der Waals surface area contributed by atoms with Gasteiger partial charge in [0.15, 0.2) is 0 Å². The first-order chi connectivity index (χ1) is 8.24. The van der Waals surface area contributed by atoms with E-state index in [0.717, 1.165) is 24.8 Å². The van der Waals surface area contributed by atoms with Crippen LogP contribution >= 0.6 is 0 Å². The van der Waals surface area contributed by atoms with E-state index in [9.17, 15) is 0 Å². The van der Waals surface area contributed by atoms with Crippen molar-refractivity contribution in [3.8, 4) is 0 Å². The molecule has 0 spiro atoms. The normalized spacial score (nSPS) is 23.7. The molecule has 0 radical (unpaired) electrons. The van der Waals surface area contributed by atoms with Crippen molar-refractivity contribution in [3.05, 3.63) is 17.5 Å². The summed E-state index contributed by atoms with van der Waals surface area (Å²) in [5, 5.41) is 8.00. The molecule has 0 bridgehead atoms. The highest BCUT2D eigenvalue weighted by Crippen LogP contribution is 2.36. The summed E-state index contributed by atoms with van der Waals surface area (Å²) in [6.45, 7) is 6.64. The Morgan fingerprint density at radius 2 is 2.12 bits per heavy atom. The monoisotopic (exact) mass is 235 g/mol. The number of aryl methyl sites for hydroxylation is 2. The highest BCUT2D eigenvalue weighted by molar-refractivity contribution is 5.11. The number of hydrogen-bond donors (Lipinski definition) is 1. The van der Waals surface area contributed by atoms with Crippen molar-refractivity contribution in [1.29, 1.82) is 0 Å². The Morgan fingerprint density at radius 3 is 2.65 bits per heavy atom. The van der Waals surface area contributed by atoms with Gasteiger partial charge in [-0.1, -0.05) is 13.8 Å². The summed E-state index contributed by atoms with van der Waals surface area (Å²) in [5.74, 6) is 1.75. The van der Waals surface area contributed by atoms with Crippen LogP contribution in [0.15, 0.2) is 6.07 Å². The molecule has 0 aromatic carbocycles. The van der Waals surface area contributed by atoms with Gasteiger partial charge in [-0.15, -0.1) is 0 Å². The van der Waals surface area contributed by atoms with Gasteiger partial charge in [-0.05, 0) is 56.7 Å². The highest BCUT2D eigenvalue weighted by atomic mass is 15.3. The van der Waals surface area contributed by atoms with Gasteiger partial charge >= 0.3 is 0 Å². The van der Waals surface area contributed by atoms with Crippen LogP contribution in [0.1, 0.15) is 38.1 Å². The molecule has 1 aromatic heterocycles. The van der Waals surface area contributed by atoms with Crippen molar-refractivity contribution in [3.63, 3.8) is 0 Å². The smallest absolute Gasteiger partial charge is 0.0624 e. The van der Waals surface area contributed by atoms with Gasteiger partial charge in [0.25, 0.3) is 0 Å². The van der Waals surface area contributed by atoms with Gasteiger partial charge in [-0.2, -0.15) is 5.10 Å². The molecule has 1 heterocycles. The third-order valence-corrected chi connectivity index (χ3v) is 4.09. The maximum atomic E-state index is 4.53. The fourth-order valence-electron chi connectivity index (χ4n) is 2.71. The van der Waals surface area contributed by atoms with E-state index in [4.69, 9.17) is 0 Å². The summed E-state index contributed by atoms with van der Waals surface area (Å²) < 4.78 is 2.07. The predicted octanol–water partition coefficient (Wildman–Crippen LogP) is 2.16. The third-order valence-electron chi connectivity index (χ3n) is 4.09. The van der Waals surface area contributed by atoms with Crippen LogP contribution in [0.2, 0.25) is 0 Å². The molecule has 1 aliphatic rings. The second kappa shape index (κ2) is 5.67. The first-order valence-corrected chi connectivity index (χ1v) is 6.97. The summed E-state index contributed by atoms with van der Waals surface area (Å²) in [6.07, 6.45) is 5.04. The molecule has 0 aliphatic heterocycles. The van der Waals surface area contributed by atoms with E-state index in [2.05, 4.69) is 42.1 Å². The van der Waals surface area contributed by atoms with Gasteiger partial charge in [0.2, 0.25) is 0 Å². The van der Waals surface area contributed by atoms with E-state index in [1.54, 1.807) is 0 Å². The molecule has 1 fully saturated rings. The molecule has 1 aromatic rings. The number of hydrogen-bond acceptors (Lipinski definition) is 2. The molecule has 1 aliphatic carbocycles. The van der Waals surface area contributed by atoms with Crippen LogP contribution in [0.4, 0.5) is 0 Å². The maximum Gasteiger partial charge on any atom is 0.0624 e. The first kappa shape index (κ1) is 12.6. The molecule has 2 rings (SSSR count). The zero-order chi connectivity index (χ0) is 12.3. The molecule has 3 nitrogen and oxygen atoms in total. The summed E-state index contributed by atoms with van der Waals surface area (Å²) in [7, 11) is 2.08. The van der Waals surface area contributed by atoms with Gasteiger partial charge in [-0.25, -0.2) is 0 Å². The van der Waals surface area contributed by atoms with Crippen LogP contribution in [0, 0.1) is 11.8 Å². The van der Waals surface area contributed by atoms with Crippen LogP contribution in [0.5, 0.6) is 0 Å². The van der Waals surface area contributed by atoms with E-state index in [1.165, 1.54) is 37.2 Å². The standard InChI is InChI=1S/C14H25N3/c1-4-13-9-14(17(3)16-13)8-11-6-7-12(11)10-15-5-2/h9,11-12,15H,4-8,10H2,1-3H3. The molecule has 0 amide bonds. The minimum absolute atomic E-state index is 0.870. The van der Waals surface area contributed by atoms with Gasteiger partial charge in [0.1, 0.15) is 0 Å². The van der Waals surface area contributed by atoms with Crippen molar-refractivity contribution in [2.45, 2.75) is 39.5 Å². The second-order valence-corrected chi connectivity index (χ2v) is 5.21. The molecular weight excluding hydrogens is 210 g/mol. The fourth-order valence-corrected chi connectivity index (χ4v) is 2.71. The number of nitrogens with zero attached hydrogens (tertiary/aromatic N) is 2. The zero-order valence-electron chi connectivity index (χ0n) is 11.4. The lowest BCUT2D eigenvalue weighted by Crippen LogP contribution is -2.36. The van der Waals surface area contributed by atoms with Crippen molar-refractivity contribution < 1.29 is 0 Å². The molecule has 2 atom stereocenters. The lowest BCUT2D eigenvalue weighted by atomic mass is 9.71. The summed E-state index contributed by atoms with van der Waals surface area (Å²) >= 11 is 0. The van der Waals surface area contributed by atoms with E-state index in [-0.39, 0.29) is 0 Å². The van der Waals surface area contributed by atoms with Crippen molar-refractivity contribution in [1.82, 2.24) is 15.1 Å². The second-order valence-electron chi connectivity index (χ2n) is 5.21. The fraction of sp³-hybridized carbons (Fsp3) is 0.786. The minimum Gasteiger partial charge on any atom is -0.317 e. The topological polar surface area (TPSA) is 29.9 Å². The first-order valence-electron chi connectivity index (χ1n) is 6.97. The van der Waals surface area contributed by atoms with Crippen molar-refractivity contribution in [2.75, 3.05) is 13.1 Å². The molecule has 1 N–H and O–H groups in total. The van der Waals surface area contributed by atoms with Crippen LogP contribution < -0.4 is 5.32 Å². The Balaban J connectivity index is 1.89. The zero-order valence-corrected chi connectivity index (χ0v) is 11.4. The van der Waals surface area contributed by atoms with E-state index in [1.807, 2.05) is 0 Å². The minimum atomic E-state index is 0.870. The lowest BCUT2D eigenvalue weighted by molar-refractivity contribution is 0.169. The van der Waals surface area contributed by atoms with Gasteiger partial charge in [0, 0.05) is 12.7 Å². The Labute approximate surface area is 105 Å². The Hall–Kier alpha value is -0.830. The lowest BCUT2D eigenvalue weighted by Gasteiger charge is -2.37. The molecular formula is C14H25N3. The third kappa shape index (κ3) is 2.89. The predicted molar refractivity (Wildman–Crippen MR) is 71.0 cm³/mol. The Kier molecular flexibility index (Phi) is 4.21. The molecule has 17 heavy (non-hydrogen) atoms. The summed E-state index contributed by atoms with van der Waals surface area (Å²) in [4.78, 5) is 0. The number of aromatic nitrogens is 2. The summed E-state index contributed by atoms with van der Waals surface area (Å²) in [5.41, 5.74) is 2.64. The van der Waals surface area contributed by atoms with Crippen molar-refractivity contribution >= 4 is 0 Å². The Bertz CT molecular complexity index is 356. The van der Waals surface area contributed by atoms with E-state index in [0.29, 0.717) is 0 Å². The molecule has 0 saturated heterocycles. The number of rotatable bonds is 6. The average molecular weight is 235 g/mol. The molecule has 3 heteroatoms. The molecule has 2 unspecified atom stereocenters. The van der Waals surface area contributed by atoms with Crippen LogP contribution in [0.25, 0.3) is 0 Å². The Morgan fingerprint density at radius 1 is 1.35 bits per heavy atom. The van der Waals surface area contributed by atoms with E-state index >= 15 is 0 Å². The van der Waals surface area contributed by atoms with Gasteiger partial charge < -0.3 is 5.32 Å². The van der Waals surface area contributed by atoms with Crippen molar-refractivity contribution in [2.24, 2.45) is 18.9 Å². The van der Waals surface area contributed by atoms with Crippen LogP contribution in [-0.2, 0) is 19.9 Å². The molecule has 1 saturated carbocycles.